The lowest BCUT2D eigenvalue weighted by Gasteiger charge is -2.25. The molecule has 2 aromatic rings. The third kappa shape index (κ3) is 3.70. The van der Waals surface area contributed by atoms with Crippen molar-refractivity contribution >= 4 is 0 Å². The van der Waals surface area contributed by atoms with Gasteiger partial charge in [-0.1, -0.05) is 12.1 Å². The fourth-order valence-electron chi connectivity index (χ4n) is 2.69. The second kappa shape index (κ2) is 6.29. The maximum atomic E-state index is 12.5. The molecule has 2 N–H and O–H groups in total. The van der Waals surface area contributed by atoms with E-state index in [2.05, 4.69) is 15.4 Å². The zero-order valence-electron chi connectivity index (χ0n) is 12.3. The van der Waals surface area contributed by atoms with E-state index < -0.39 is 17.8 Å². The smallest absolute Gasteiger partial charge is 0.387 e. The van der Waals surface area contributed by atoms with Gasteiger partial charge >= 0.3 is 6.18 Å². The lowest BCUT2D eigenvalue weighted by atomic mass is 10.0. The Morgan fingerprint density at radius 2 is 2.04 bits per heavy atom. The highest BCUT2D eigenvalue weighted by Crippen LogP contribution is 2.29. The topological polar surface area (TPSA) is 63.0 Å². The van der Waals surface area contributed by atoms with Crippen LogP contribution in [0, 0.1) is 0 Å². The normalized spacial score (nSPS) is 19.4. The van der Waals surface area contributed by atoms with Gasteiger partial charge in [-0.05, 0) is 24.1 Å². The van der Waals surface area contributed by atoms with Gasteiger partial charge in [0.2, 0.25) is 0 Å². The number of halogens is 3. The number of benzene rings is 1. The van der Waals surface area contributed by atoms with Gasteiger partial charge in [-0.25, -0.2) is 9.67 Å². The number of aromatic nitrogens is 3. The number of aliphatic hydroxyl groups is 1. The van der Waals surface area contributed by atoms with Gasteiger partial charge in [0.1, 0.15) is 12.2 Å². The molecule has 1 aromatic heterocycles. The van der Waals surface area contributed by atoms with Gasteiger partial charge in [-0.3, -0.25) is 0 Å². The average Bonchev–Trinajstić information content (AvgIpc) is 2.99. The van der Waals surface area contributed by atoms with Gasteiger partial charge in [0.15, 0.2) is 0 Å². The third-order valence-corrected chi connectivity index (χ3v) is 4.03. The van der Waals surface area contributed by atoms with E-state index in [1.54, 1.807) is 0 Å². The molecule has 2 heterocycles. The zero-order chi connectivity index (χ0) is 16.4. The second-order valence-electron chi connectivity index (χ2n) is 5.64. The van der Waals surface area contributed by atoms with Crippen molar-refractivity contribution in [2.45, 2.75) is 37.7 Å². The first-order valence-electron chi connectivity index (χ1n) is 7.39. The Morgan fingerprint density at radius 3 is 2.74 bits per heavy atom. The number of rotatable bonds is 4. The molecule has 2 unspecified atom stereocenters. The highest BCUT2D eigenvalue weighted by atomic mass is 19.4. The molecular weight excluding hydrogens is 309 g/mol. The van der Waals surface area contributed by atoms with Crippen LogP contribution < -0.4 is 5.32 Å². The van der Waals surface area contributed by atoms with Crippen molar-refractivity contribution in [3.63, 3.8) is 0 Å². The van der Waals surface area contributed by atoms with Gasteiger partial charge in [-0.15, -0.1) is 0 Å². The number of nitrogens with one attached hydrogen (secondary N) is 1. The first-order valence-corrected chi connectivity index (χ1v) is 7.39. The monoisotopic (exact) mass is 326 g/mol. The summed E-state index contributed by atoms with van der Waals surface area (Å²) in [4.78, 5) is 4.14. The molecule has 1 aliphatic heterocycles. The number of aliphatic hydroxyl groups excluding tert-OH is 1. The number of fused-ring (bicyclic) bond motifs is 1. The maximum Gasteiger partial charge on any atom is 0.416 e. The van der Waals surface area contributed by atoms with Gasteiger partial charge < -0.3 is 10.4 Å². The molecule has 3 rings (SSSR count). The van der Waals surface area contributed by atoms with E-state index in [0.717, 1.165) is 30.8 Å². The molecule has 8 heteroatoms. The Labute approximate surface area is 131 Å². The van der Waals surface area contributed by atoms with Gasteiger partial charge in [0.05, 0.1) is 18.2 Å². The van der Waals surface area contributed by atoms with Crippen LogP contribution in [-0.4, -0.2) is 32.5 Å². The highest BCUT2D eigenvalue weighted by Gasteiger charge is 2.30. The SMILES string of the molecule is OC(CNC1CCc2ncnn2C1)c1ccc(C(F)(F)F)cc1. The van der Waals surface area contributed by atoms with Crippen LogP contribution in [0.25, 0.3) is 0 Å². The van der Waals surface area contributed by atoms with Crippen molar-refractivity contribution in [2.24, 2.45) is 0 Å². The Kier molecular flexibility index (Phi) is 4.36. The van der Waals surface area contributed by atoms with Crippen LogP contribution in [0.2, 0.25) is 0 Å². The van der Waals surface area contributed by atoms with E-state index in [1.165, 1.54) is 18.5 Å². The minimum atomic E-state index is -4.36. The number of hydrogen-bond acceptors (Lipinski definition) is 4. The molecule has 1 aromatic carbocycles. The zero-order valence-corrected chi connectivity index (χ0v) is 12.3. The lowest BCUT2D eigenvalue weighted by Crippen LogP contribution is -2.39. The molecule has 0 bridgehead atoms. The van der Waals surface area contributed by atoms with Crippen molar-refractivity contribution in [1.82, 2.24) is 20.1 Å². The second-order valence-corrected chi connectivity index (χ2v) is 5.64. The number of alkyl halides is 3. The molecule has 0 radical (unpaired) electrons. The summed E-state index contributed by atoms with van der Waals surface area (Å²) in [5.41, 5.74) is -0.254. The largest absolute Gasteiger partial charge is 0.416 e. The van der Waals surface area contributed by atoms with Gasteiger partial charge in [-0.2, -0.15) is 18.3 Å². The van der Waals surface area contributed by atoms with E-state index in [9.17, 15) is 18.3 Å². The number of nitrogens with zero attached hydrogens (tertiary/aromatic N) is 3. The molecule has 5 nitrogen and oxygen atoms in total. The highest BCUT2D eigenvalue weighted by molar-refractivity contribution is 5.26. The standard InChI is InChI=1S/C15H17F3N4O/c16-15(17,18)11-3-1-10(2-4-11)13(23)7-19-12-5-6-14-20-9-21-22(14)8-12/h1-4,9,12-13,19,23H,5-8H2. The fourth-order valence-corrected chi connectivity index (χ4v) is 2.69. The summed E-state index contributed by atoms with van der Waals surface area (Å²) in [7, 11) is 0. The minimum absolute atomic E-state index is 0.160. The first-order chi connectivity index (χ1) is 10.9. The molecule has 0 aliphatic carbocycles. The Balaban J connectivity index is 1.54. The molecule has 23 heavy (non-hydrogen) atoms. The van der Waals surface area contributed by atoms with Crippen LogP contribution in [0.5, 0.6) is 0 Å². The van der Waals surface area contributed by atoms with Crippen LogP contribution >= 0.6 is 0 Å². The minimum Gasteiger partial charge on any atom is -0.387 e. The van der Waals surface area contributed by atoms with Crippen LogP contribution in [0.15, 0.2) is 30.6 Å². The summed E-state index contributed by atoms with van der Waals surface area (Å²) in [6, 6.07) is 4.76. The molecule has 124 valence electrons. The van der Waals surface area contributed by atoms with E-state index in [4.69, 9.17) is 0 Å². The van der Waals surface area contributed by atoms with Crippen molar-refractivity contribution in [3.05, 3.63) is 47.5 Å². The van der Waals surface area contributed by atoms with Crippen LogP contribution in [-0.2, 0) is 19.1 Å². The lowest BCUT2D eigenvalue weighted by molar-refractivity contribution is -0.137. The summed E-state index contributed by atoms with van der Waals surface area (Å²) in [6.07, 6.45) is -1.99. The first kappa shape index (κ1) is 15.9. The van der Waals surface area contributed by atoms with Crippen molar-refractivity contribution < 1.29 is 18.3 Å². The van der Waals surface area contributed by atoms with Gasteiger partial charge in [0.25, 0.3) is 0 Å². The van der Waals surface area contributed by atoms with E-state index in [0.29, 0.717) is 12.1 Å². The van der Waals surface area contributed by atoms with E-state index in [-0.39, 0.29) is 12.6 Å². The molecule has 0 amide bonds. The fraction of sp³-hybridized carbons (Fsp3) is 0.467. The molecule has 2 atom stereocenters. The van der Waals surface area contributed by atoms with Crippen molar-refractivity contribution in [2.75, 3.05) is 6.54 Å². The Hall–Kier alpha value is -1.93. The summed E-state index contributed by atoms with van der Waals surface area (Å²) in [5.74, 6) is 0.950. The van der Waals surface area contributed by atoms with E-state index in [1.807, 2.05) is 4.68 Å². The Bertz CT molecular complexity index is 653. The molecule has 1 aliphatic rings. The maximum absolute atomic E-state index is 12.5. The summed E-state index contributed by atoms with van der Waals surface area (Å²) >= 11 is 0. The van der Waals surface area contributed by atoms with E-state index >= 15 is 0 Å². The molecular formula is C15H17F3N4O. The molecule has 0 saturated carbocycles. The molecule has 0 fully saturated rings. The predicted molar refractivity (Wildman–Crippen MR) is 76.5 cm³/mol. The van der Waals surface area contributed by atoms with Crippen LogP contribution in [0.3, 0.4) is 0 Å². The average molecular weight is 326 g/mol. The summed E-state index contributed by atoms with van der Waals surface area (Å²) < 4.78 is 39.4. The predicted octanol–water partition coefficient (Wildman–Crippen LogP) is 1.93. The number of aryl methyl sites for hydroxylation is 1. The summed E-state index contributed by atoms with van der Waals surface area (Å²) in [5, 5.41) is 17.5. The Morgan fingerprint density at radius 1 is 1.30 bits per heavy atom. The molecule has 0 saturated heterocycles. The number of hydrogen-bond donors (Lipinski definition) is 2. The summed E-state index contributed by atoms with van der Waals surface area (Å²) in [6.45, 7) is 0.953. The molecule has 0 spiro atoms. The quantitative estimate of drug-likeness (QED) is 0.901. The third-order valence-electron chi connectivity index (χ3n) is 4.03. The van der Waals surface area contributed by atoms with Crippen molar-refractivity contribution in [1.29, 1.82) is 0 Å². The van der Waals surface area contributed by atoms with Crippen LogP contribution in [0.4, 0.5) is 13.2 Å². The van der Waals surface area contributed by atoms with Crippen molar-refractivity contribution in [3.8, 4) is 0 Å². The van der Waals surface area contributed by atoms with Gasteiger partial charge in [0, 0.05) is 19.0 Å². The van der Waals surface area contributed by atoms with Crippen LogP contribution in [0.1, 0.15) is 29.5 Å².